The van der Waals surface area contributed by atoms with E-state index >= 15 is 0 Å². The topological polar surface area (TPSA) is 41.6 Å². The largest absolute Gasteiger partial charge is 0.484 e. The molecule has 0 bridgehead atoms. The summed E-state index contributed by atoms with van der Waals surface area (Å²) in [5.74, 6) is 0.637. The van der Waals surface area contributed by atoms with Crippen molar-refractivity contribution in [3.8, 4) is 5.75 Å². The van der Waals surface area contributed by atoms with Gasteiger partial charge >= 0.3 is 0 Å². The Morgan fingerprint density at radius 3 is 2.13 bits per heavy atom. The van der Waals surface area contributed by atoms with Gasteiger partial charge in [0.25, 0.3) is 5.91 Å². The highest BCUT2D eigenvalue weighted by atomic mass is 16.5. The number of hydrogen-bond acceptors (Lipinski definition) is 3. The fourth-order valence-corrected chi connectivity index (χ4v) is 2.50. The molecule has 23 heavy (non-hydrogen) atoms. The van der Waals surface area contributed by atoms with E-state index < -0.39 is 0 Å². The molecule has 1 N–H and O–H groups in total. The average Bonchev–Trinajstić information content (AvgIpc) is 2.41. The lowest BCUT2D eigenvalue weighted by atomic mass is 9.87. The molecule has 0 spiro atoms. The summed E-state index contributed by atoms with van der Waals surface area (Å²) in [4.78, 5) is 14.0. The number of nitrogens with zero attached hydrogens (tertiary/aromatic N) is 1. The molecular weight excluding hydrogens is 288 g/mol. The van der Waals surface area contributed by atoms with Crippen molar-refractivity contribution in [2.45, 2.75) is 40.0 Å². The zero-order chi connectivity index (χ0) is 17.7. The summed E-state index contributed by atoms with van der Waals surface area (Å²) >= 11 is 0. The normalized spacial score (nSPS) is 12.3. The first kappa shape index (κ1) is 19.5. The molecule has 0 heterocycles. The molecule has 1 rings (SSSR count). The van der Waals surface area contributed by atoms with E-state index in [1.165, 1.54) is 5.56 Å². The number of amides is 1. The molecule has 0 aromatic heterocycles. The van der Waals surface area contributed by atoms with Crippen LogP contribution in [-0.4, -0.2) is 44.6 Å². The summed E-state index contributed by atoms with van der Waals surface area (Å²) in [5.41, 5.74) is 1.40. The molecule has 0 unspecified atom stereocenters. The Morgan fingerprint density at radius 1 is 1.09 bits per heavy atom. The Bertz CT molecular complexity index is 499. The quantitative estimate of drug-likeness (QED) is 0.839. The third-order valence-corrected chi connectivity index (χ3v) is 3.60. The Morgan fingerprint density at radius 2 is 1.65 bits per heavy atom. The molecule has 0 atom stereocenters. The van der Waals surface area contributed by atoms with Crippen LogP contribution in [0.4, 0.5) is 0 Å². The highest BCUT2D eigenvalue weighted by Crippen LogP contribution is 2.24. The lowest BCUT2D eigenvalue weighted by molar-refractivity contribution is -0.123. The van der Waals surface area contributed by atoms with E-state index in [9.17, 15) is 4.79 Å². The van der Waals surface area contributed by atoms with Crippen molar-refractivity contribution in [3.63, 3.8) is 0 Å². The van der Waals surface area contributed by atoms with E-state index in [0.29, 0.717) is 6.54 Å². The number of carbonyl (C=O) groups excluding carboxylic acids is 1. The number of carbonyl (C=O) groups is 1. The second-order valence-electron chi connectivity index (χ2n) is 8.24. The van der Waals surface area contributed by atoms with Gasteiger partial charge in [0, 0.05) is 13.1 Å². The van der Waals surface area contributed by atoms with Gasteiger partial charge in [0.2, 0.25) is 0 Å². The van der Waals surface area contributed by atoms with Crippen molar-refractivity contribution in [2.75, 3.05) is 33.8 Å². The van der Waals surface area contributed by atoms with Gasteiger partial charge < -0.3 is 15.0 Å². The highest BCUT2D eigenvalue weighted by Gasteiger charge is 2.20. The van der Waals surface area contributed by atoms with Gasteiger partial charge in [-0.05, 0) is 42.6 Å². The van der Waals surface area contributed by atoms with Crippen molar-refractivity contribution in [1.82, 2.24) is 10.2 Å². The molecule has 0 radical (unpaired) electrons. The second kappa shape index (κ2) is 7.82. The van der Waals surface area contributed by atoms with Gasteiger partial charge in [-0.15, -0.1) is 0 Å². The highest BCUT2D eigenvalue weighted by molar-refractivity contribution is 5.77. The average molecular weight is 320 g/mol. The van der Waals surface area contributed by atoms with E-state index in [0.717, 1.165) is 12.3 Å². The van der Waals surface area contributed by atoms with Gasteiger partial charge in [-0.2, -0.15) is 0 Å². The monoisotopic (exact) mass is 320 g/mol. The molecule has 0 fully saturated rings. The molecular formula is C19H32N2O2. The van der Waals surface area contributed by atoms with Crippen molar-refractivity contribution < 1.29 is 9.53 Å². The lowest BCUT2D eigenvalue weighted by Gasteiger charge is -2.28. The Hall–Kier alpha value is -1.55. The van der Waals surface area contributed by atoms with E-state index in [1.54, 1.807) is 0 Å². The molecule has 0 saturated carbocycles. The minimum absolute atomic E-state index is 0.0352. The number of benzene rings is 1. The van der Waals surface area contributed by atoms with Gasteiger partial charge in [0.1, 0.15) is 5.75 Å². The van der Waals surface area contributed by atoms with Crippen molar-refractivity contribution in [1.29, 1.82) is 0 Å². The van der Waals surface area contributed by atoms with Crippen molar-refractivity contribution >= 4 is 5.91 Å². The molecule has 0 aliphatic rings. The predicted octanol–water partition coefficient (Wildman–Crippen LogP) is 3.07. The number of ether oxygens (including phenoxy) is 1. The number of nitrogens with one attached hydrogen (secondary N) is 1. The van der Waals surface area contributed by atoms with Crippen LogP contribution in [0.1, 0.15) is 40.2 Å². The number of rotatable bonds is 7. The maximum atomic E-state index is 11.9. The Labute approximate surface area is 141 Å². The summed E-state index contributed by atoms with van der Waals surface area (Å²) in [7, 11) is 4.07. The molecule has 4 nitrogen and oxygen atoms in total. The SMILES string of the molecule is CN(C)CC(C)(C)CNC(=O)COc1ccc(C(C)(C)C)cc1. The summed E-state index contributed by atoms with van der Waals surface area (Å²) in [6, 6.07) is 7.94. The smallest absolute Gasteiger partial charge is 0.257 e. The molecule has 0 saturated heterocycles. The van der Waals surface area contributed by atoms with Crippen LogP contribution in [-0.2, 0) is 10.2 Å². The van der Waals surface area contributed by atoms with Crippen LogP contribution in [0, 0.1) is 5.41 Å². The second-order valence-corrected chi connectivity index (χ2v) is 8.24. The minimum atomic E-state index is -0.0864. The maximum absolute atomic E-state index is 11.9. The molecule has 1 aromatic carbocycles. The third-order valence-electron chi connectivity index (χ3n) is 3.60. The molecule has 1 aromatic rings. The van der Waals surface area contributed by atoms with Crippen molar-refractivity contribution in [2.24, 2.45) is 5.41 Å². The fraction of sp³-hybridized carbons (Fsp3) is 0.632. The maximum Gasteiger partial charge on any atom is 0.257 e. The lowest BCUT2D eigenvalue weighted by Crippen LogP contribution is -2.41. The number of hydrogen-bond donors (Lipinski definition) is 1. The van der Waals surface area contributed by atoms with Crippen LogP contribution in [0.3, 0.4) is 0 Å². The van der Waals surface area contributed by atoms with Crippen LogP contribution in [0.2, 0.25) is 0 Å². The van der Waals surface area contributed by atoms with Crippen LogP contribution >= 0.6 is 0 Å². The van der Waals surface area contributed by atoms with Crippen LogP contribution < -0.4 is 10.1 Å². The fourth-order valence-electron chi connectivity index (χ4n) is 2.50. The summed E-state index contributed by atoms with van der Waals surface area (Å²) in [5, 5.41) is 2.94. The Balaban J connectivity index is 2.42. The van der Waals surface area contributed by atoms with Crippen LogP contribution in [0.25, 0.3) is 0 Å². The zero-order valence-corrected chi connectivity index (χ0v) is 15.7. The molecule has 0 aliphatic carbocycles. The van der Waals surface area contributed by atoms with E-state index in [1.807, 2.05) is 38.4 Å². The first-order valence-electron chi connectivity index (χ1n) is 8.14. The van der Waals surface area contributed by atoms with E-state index in [2.05, 4.69) is 44.8 Å². The molecule has 1 amide bonds. The van der Waals surface area contributed by atoms with Crippen molar-refractivity contribution in [3.05, 3.63) is 29.8 Å². The predicted molar refractivity (Wildman–Crippen MR) is 96.0 cm³/mol. The van der Waals surface area contributed by atoms with Gasteiger partial charge in [-0.1, -0.05) is 46.8 Å². The van der Waals surface area contributed by atoms with E-state index in [4.69, 9.17) is 4.74 Å². The first-order chi connectivity index (χ1) is 10.5. The van der Waals surface area contributed by atoms with Gasteiger partial charge in [-0.25, -0.2) is 0 Å². The molecule has 130 valence electrons. The summed E-state index contributed by atoms with van der Waals surface area (Å²) in [6.07, 6.45) is 0. The standard InChI is InChI=1S/C19H32N2O2/c1-18(2,3)15-8-10-16(11-9-15)23-12-17(22)20-13-19(4,5)14-21(6)7/h8-11H,12-14H2,1-7H3,(H,20,22). The van der Waals surface area contributed by atoms with Gasteiger partial charge in [0.05, 0.1) is 0 Å². The Kier molecular flexibility index (Phi) is 6.63. The van der Waals surface area contributed by atoms with Crippen LogP contribution in [0.15, 0.2) is 24.3 Å². The zero-order valence-electron chi connectivity index (χ0n) is 15.7. The third kappa shape index (κ3) is 7.51. The van der Waals surface area contributed by atoms with E-state index in [-0.39, 0.29) is 23.3 Å². The van der Waals surface area contributed by atoms with Crippen LogP contribution in [0.5, 0.6) is 5.75 Å². The molecule has 4 heteroatoms. The molecule has 0 aliphatic heterocycles. The van der Waals surface area contributed by atoms with Gasteiger partial charge in [-0.3, -0.25) is 4.79 Å². The minimum Gasteiger partial charge on any atom is -0.484 e. The van der Waals surface area contributed by atoms with Gasteiger partial charge in [0.15, 0.2) is 6.61 Å². The first-order valence-corrected chi connectivity index (χ1v) is 8.14. The summed E-state index contributed by atoms with van der Waals surface area (Å²) < 4.78 is 5.56. The summed E-state index contributed by atoms with van der Waals surface area (Å²) in [6.45, 7) is 12.4.